The molecule has 1 aliphatic rings. The molecule has 2 N–H and O–H groups in total. The highest BCUT2D eigenvalue weighted by Gasteiger charge is 2.48. The fraction of sp³-hybridized carbons (Fsp3) is 0.333. The minimum absolute atomic E-state index is 0.0618. The number of aromatic nitrogens is 2. The summed E-state index contributed by atoms with van der Waals surface area (Å²) in [7, 11) is 2.92. The van der Waals surface area contributed by atoms with E-state index >= 15 is 0 Å². The number of alkyl halides is 3. The highest BCUT2D eigenvalue weighted by Crippen LogP contribution is 2.47. The van der Waals surface area contributed by atoms with E-state index in [-0.39, 0.29) is 29.5 Å². The first-order chi connectivity index (χ1) is 16.7. The summed E-state index contributed by atoms with van der Waals surface area (Å²) in [5.41, 5.74) is 1.30. The third-order valence-electron chi connectivity index (χ3n) is 5.86. The molecule has 0 fully saturated rings. The first-order valence-corrected chi connectivity index (χ1v) is 11.3. The van der Waals surface area contributed by atoms with Gasteiger partial charge in [-0.15, -0.1) is 0 Å². The van der Waals surface area contributed by atoms with Gasteiger partial charge in [-0.3, -0.25) is 4.79 Å². The zero-order valence-electron chi connectivity index (χ0n) is 19.0. The second-order valence-corrected chi connectivity index (χ2v) is 8.43. The van der Waals surface area contributed by atoms with E-state index in [1.54, 1.807) is 18.2 Å². The highest BCUT2D eigenvalue weighted by molar-refractivity contribution is 6.36. The third kappa shape index (κ3) is 5.17. The predicted octanol–water partition coefficient (Wildman–Crippen LogP) is 5.19. The van der Waals surface area contributed by atoms with Crippen LogP contribution in [-0.4, -0.2) is 42.6 Å². The maximum absolute atomic E-state index is 14.0. The lowest BCUT2D eigenvalue weighted by Crippen LogP contribution is -2.36. The molecule has 0 spiro atoms. The number of hydrogen-bond donors (Lipinski definition) is 2. The summed E-state index contributed by atoms with van der Waals surface area (Å²) >= 11 is 6.39. The molecular formula is C24H24ClF3N4O3. The number of benzene rings is 2. The third-order valence-corrected chi connectivity index (χ3v) is 6.22. The van der Waals surface area contributed by atoms with Crippen LogP contribution in [0.25, 0.3) is 0 Å². The van der Waals surface area contributed by atoms with Gasteiger partial charge in [0.05, 0.1) is 20.3 Å². The van der Waals surface area contributed by atoms with Crippen LogP contribution in [0.5, 0.6) is 11.5 Å². The van der Waals surface area contributed by atoms with Gasteiger partial charge >= 0.3 is 6.18 Å². The van der Waals surface area contributed by atoms with Gasteiger partial charge in [-0.05, 0) is 29.7 Å². The van der Waals surface area contributed by atoms with Crippen LogP contribution < -0.4 is 20.1 Å². The van der Waals surface area contributed by atoms with Gasteiger partial charge in [0, 0.05) is 13.0 Å². The van der Waals surface area contributed by atoms with Crippen molar-refractivity contribution < 1.29 is 27.4 Å². The van der Waals surface area contributed by atoms with E-state index in [4.69, 9.17) is 21.1 Å². The number of halogens is 4. The fourth-order valence-electron chi connectivity index (χ4n) is 4.07. The molecule has 0 saturated carbocycles. The Balaban J connectivity index is 1.60. The second kappa shape index (κ2) is 10.1. The molecule has 2 aromatic carbocycles. The van der Waals surface area contributed by atoms with Crippen LogP contribution in [0.1, 0.15) is 40.1 Å². The second-order valence-electron chi connectivity index (χ2n) is 8.05. The Morgan fingerprint density at radius 3 is 2.54 bits per heavy atom. The van der Waals surface area contributed by atoms with Crippen molar-refractivity contribution in [2.75, 3.05) is 26.1 Å². The monoisotopic (exact) mass is 508 g/mol. The van der Waals surface area contributed by atoms with Gasteiger partial charge in [-0.2, -0.15) is 18.3 Å². The van der Waals surface area contributed by atoms with Crippen molar-refractivity contribution in [2.24, 2.45) is 0 Å². The largest absolute Gasteiger partial charge is 0.493 e. The SMILES string of the molecule is COc1ccc([C@@H]2C[C@@H](C(F)(F)F)n3nc(C(=O)NCCc4ccccc4)c(Cl)c3N2)cc1OC. The number of amides is 1. The maximum atomic E-state index is 14.0. The predicted molar refractivity (Wildman–Crippen MR) is 125 cm³/mol. The molecule has 0 bridgehead atoms. The van der Waals surface area contributed by atoms with Crippen LogP contribution in [0.3, 0.4) is 0 Å². The average Bonchev–Trinajstić information content (AvgIpc) is 3.19. The van der Waals surface area contributed by atoms with E-state index in [1.165, 1.54) is 14.2 Å². The first kappa shape index (κ1) is 24.7. The number of nitrogens with one attached hydrogen (secondary N) is 2. The maximum Gasteiger partial charge on any atom is 0.410 e. The highest BCUT2D eigenvalue weighted by atomic mass is 35.5. The van der Waals surface area contributed by atoms with E-state index in [1.807, 2.05) is 30.3 Å². The molecule has 0 aliphatic carbocycles. The number of nitrogens with zero attached hydrogens (tertiary/aromatic N) is 2. The Kier molecular flexibility index (Phi) is 7.11. The summed E-state index contributed by atoms with van der Waals surface area (Å²) in [6.07, 6.45) is -4.40. The quantitative estimate of drug-likeness (QED) is 0.459. The van der Waals surface area contributed by atoms with Crippen LogP contribution in [0.4, 0.5) is 19.0 Å². The summed E-state index contributed by atoms with van der Waals surface area (Å²) in [6, 6.07) is 11.7. The standard InChI is InChI=1S/C24H24ClF3N4O3/c1-34-17-9-8-15(12-18(17)35-2)16-13-19(24(26,27)28)32-22(30-16)20(25)21(31-32)23(33)29-11-10-14-6-4-3-5-7-14/h3-9,12,16,19,30H,10-11,13H2,1-2H3,(H,29,33)/t16-,19-/m0/s1. The first-order valence-electron chi connectivity index (χ1n) is 10.9. The number of carbonyl (C=O) groups excluding carboxylic acids is 1. The normalized spacial score (nSPS) is 17.3. The molecule has 0 unspecified atom stereocenters. The summed E-state index contributed by atoms with van der Waals surface area (Å²) in [4.78, 5) is 12.7. The van der Waals surface area contributed by atoms with Crippen LogP contribution in [-0.2, 0) is 6.42 Å². The molecule has 186 valence electrons. The molecule has 4 rings (SSSR count). The van der Waals surface area contributed by atoms with E-state index in [0.29, 0.717) is 23.5 Å². The van der Waals surface area contributed by atoms with Crippen LogP contribution in [0.2, 0.25) is 5.02 Å². The van der Waals surface area contributed by atoms with Crippen molar-refractivity contribution in [2.45, 2.75) is 31.1 Å². The summed E-state index contributed by atoms with van der Waals surface area (Å²) in [5, 5.41) is 9.50. The lowest BCUT2D eigenvalue weighted by Gasteiger charge is -2.33. The number of anilines is 1. The number of ether oxygens (including phenoxy) is 2. The molecule has 3 aromatic rings. The van der Waals surface area contributed by atoms with E-state index in [9.17, 15) is 18.0 Å². The number of methoxy groups -OCH3 is 2. The molecule has 2 atom stereocenters. The Hall–Kier alpha value is -3.40. The van der Waals surface area contributed by atoms with Crippen LogP contribution in [0.15, 0.2) is 48.5 Å². The lowest BCUT2D eigenvalue weighted by atomic mass is 9.96. The number of carbonyl (C=O) groups is 1. The van der Waals surface area contributed by atoms with Crippen molar-refractivity contribution in [3.63, 3.8) is 0 Å². The van der Waals surface area contributed by atoms with E-state index in [0.717, 1.165) is 10.2 Å². The van der Waals surface area contributed by atoms with Gasteiger partial charge in [0.25, 0.3) is 5.91 Å². The molecule has 2 heterocycles. The van der Waals surface area contributed by atoms with Crippen LogP contribution in [0, 0.1) is 0 Å². The molecular weight excluding hydrogens is 485 g/mol. The number of rotatable bonds is 7. The Morgan fingerprint density at radius 2 is 1.89 bits per heavy atom. The molecule has 11 heteroatoms. The van der Waals surface area contributed by atoms with Crippen molar-refractivity contribution in [3.8, 4) is 11.5 Å². The van der Waals surface area contributed by atoms with Gasteiger partial charge in [-0.1, -0.05) is 48.0 Å². The van der Waals surface area contributed by atoms with Crippen molar-refractivity contribution in [3.05, 3.63) is 70.4 Å². The van der Waals surface area contributed by atoms with Crippen molar-refractivity contribution in [1.29, 1.82) is 0 Å². The van der Waals surface area contributed by atoms with Crippen molar-refractivity contribution >= 4 is 23.3 Å². The van der Waals surface area contributed by atoms with Gasteiger partial charge in [-0.25, -0.2) is 4.68 Å². The molecule has 1 aliphatic heterocycles. The zero-order chi connectivity index (χ0) is 25.2. The topological polar surface area (TPSA) is 77.4 Å². The van der Waals surface area contributed by atoms with E-state index in [2.05, 4.69) is 15.7 Å². The molecule has 7 nitrogen and oxygen atoms in total. The van der Waals surface area contributed by atoms with E-state index < -0.39 is 24.2 Å². The Morgan fingerprint density at radius 1 is 1.17 bits per heavy atom. The number of hydrogen-bond acceptors (Lipinski definition) is 5. The Labute approximate surface area is 205 Å². The molecule has 0 radical (unpaired) electrons. The van der Waals surface area contributed by atoms with Crippen LogP contribution >= 0.6 is 11.6 Å². The van der Waals surface area contributed by atoms with Gasteiger partial charge in [0.15, 0.2) is 23.2 Å². The molecule has 35 heavy (non-hydrogen) atoms. The molecule has 0 saturated heterocycles. The van der Waals surface area contributed by atoms with Gasteiger partial charge in [0.1, 0.15) is 10.8 Å². The minimum atomic E-state index is -4.61. The Bertz CT molecular complexity index is 1200. The summed E-state index contributed by atoms with van der Waals surface area (Å²) < 4.78 is 53.3. The minimum Gasteiger partial charge on any atom is -0.493 e. The van der Waals surface area contributed by atoms with Gasteiger partial charge < -0.3 is 20.1 Å². The summed E-state index contributed by atoms with van der Waals surface area (Å²) in [6.45, 7) is 0.283. The molecule has 1 amide bonds. The van der Waals surface area contributed by atoms with Crippen molar-refractivity contribution in [1.82, 2.24) is 15.1 Å². The lowest BCUT2D eigenvalue weighted by molar-refractivity contribution is -0.173. The zero-order valence-corrected chi connectivity index (χ0v) is 19.8. The molecule has 1 aromatic heterocycles. The average molecular weight is 509 g/mol. The fourth-order valence-corrected chi connectivity index (χ4v) is 4.34. The summed E-state index contributed by atoms with van der Waals surface area (Å²) in [5.74, 6) is 0.141. The smallest absolute Gasteiger partial charge is 0.410 e. The van der Waals surface area contributed by atoms with Gasteiger partial charge in [0.2, 0.25) is 0 Å². The number of fused-ring (bicyclic) bond motifs is 1.